The predicted molar refractivity (Wildman–Crippen MR) is 90.7 cm³/mol. The highest BCUT2D eigenvalue weighted by Crippen LogP contribution is 2.24. The van der Waals surface area contributed by atoms with Gasteiger partial charge in [-0.3, -0.25) is 0 Å². The number of thiocarbonyl (C=S) groups is 1. The van der Waals surface area contributed by atoms with Crippen LogP contribution in [-0.2, 0) is 4.74 Å². The van der Waals surface area contributed by atoms with Gasteiger partial charge in [0.2, 0.25) is 0 Å². The van der Waals surface area contributed by atoms with Crippen molar-refractivity contribution in [2.75, 3.05) is 17.7 Å². The highest BCUT2D eigenvalue weighted by Gasteiger charge is 2.30. The van der Waals surface area contributed by atoms with Crippen molar-refractivity contribution < 1.29 is 27.4 Å². The van der Waals surface area contributed by atoms with Gasteiger partial charge in [0.1, 0.15) is 5.75 Å². The van der Waals surface area contributed by atoms with Crippen molar-refractivity contribution in [1.29, 1.82) is 0 Å². The molecule has 0 heterocycles. The first-order valence-corrected chi connectivity index (χ1v) is 7.30. The fourth-order valence-electron chi connectivity index (χ4n) is 1.84. The van der Waals surface area contributed by atoms with E-state index < -0.39 is 12.3 Å². The Hall–Kier alpha value is -2.81. The van der Waals surface area contributed by atoms with Gasteiger partial charge in [-0.25, -0.2) is 4.79 Å². The smallest absolute Gasteiger partial charge is 0.465 e. The van der Waals surface area contributed by atoms with Gasteiger partial charge < -0.3 is 20.1 Å². The van der Waals surface area contributed by atoms with E-state index in [1.165, 1.54) is 31.4 Å². The first kappa shape index (κ1) is 18.5. The van der Waals surface area contributed by atoms with Gasteiger partial charge in [-0.2, -0.15) is 0 Å². The predicted octanol–water partition coefficient (Wildman–Crippen LogP) is 4.18. The first-order chi connectivity index (χ1) is 11.8. The Morgan fingerprint density at radius 1 is 0.960 bits per heavy atom. The number of rotatable bonds is 4. The van der Waals surface area contributed by atoms with E-state index >= 15 is 0 Å². The quantitative estimate of drug-likeness (QED) is 0.622. The van der Waals surface area contributed by atoms with E-state index in [0.717, 1.165) is 0 Å². The minimum Gasteiger partial charge on any atom is -0.465 e. The maximum atomic E-state index is 12.1. The number of halogens is 3. The van der Waals surface area contributed by atoms with E-state index in [2.05, 4.69) is 20.1 Å². The lowest BCUT2D eigenvalue weighted by Gasteiger charge is -2.12. The molecule has 2 aromatic rings. The van der Waals surface area contributed by atoms with Crippen LogP contribution in [0.3, 0.4) is 0 Å². The second-order valence-electron chi connectivity index (χ2n) is 4.72. The average Bonchev–Trinajstić information content (AvgIpc) is 2.55. The molecule has 0 atom stereocenters. The summed E-state index contributed by atoms with van der Waals surface area (Å²) in [4.78, 5) is 11.3. The summed E-state index contributed by atoms with van der Waals surface area (Å²) in [5.74, 6) is -0.774. The Bertz CT molecular complexity index is 747. The van der Waals surface area contributed by atoms with Crippen molar-refractivity contribution in [2.45, 2.75) is 6.36 Å². The van der Waals surface area contributed by atoms with Gasteiger partial charge in [0, 0.05) is 11.4 Å². The molecule has 0 aliphatic heterocycles. The van der Waals surface area contributed by atoms with Crippen molar-refractivity contribution in [3.05, 3.63) is 54.1 Å². The van der Waals surface area contributed by atoms with Crippen LogP contribution in [0.25, 0.3) is 0 Å². The van der Waals surface area contributed by atoms with Crippen molar-refractivity contribution in [1.82, 2.24) is 0 Å². The molecule has 2 rings (SSSR count). The number of anilines is 2. The number of hydrogen-bond donors (Lipinski definition) is 2. The molecule has 0 fully saturated rings. The summed E-state index contributed by atoms with van der Waals surface area (Å²) < 4.78 is 44.7. The Morgan fingerprint density at radius 2 is 1.44 bits per heavy atom. The molecular formula is C16H13F3N2O3S. The molecule has 0 spiro atoms. The average molecular weight is 370 g/mol. The normalized spacial score (nSPS) is 10.7. The van der Waals surface area contributed by atoms with Crippen molar-refractivity contribution in [3.8, 4) is 5.75 Å². The van der Waals surface area contributed by atoms with Gasteiger partial charge in [0.25, 0.3) is 0 Å². The zero-order chi connectivity index (χ0) is 18.4. The lowest BCUT2D eigenvalue weighted by Crippen LogP contribution is -2.19. The summed E-state index contributed by atoms with van der Waals surface area (Å²) in [5.41, 5.74) is 1.51. The molecule has 0 aromatic heterocycles. The van der Waals surface area contributed by atoms with Crippen LogP contribution in [0.5, 0.6) is 5.75 Å². The van der Waals surface area contributed by atoms with E-state index in [-0.39, 0.29) is 10.9 Å². The highest BCUT2D eigenvalue weighted by atomic mass is 32.1. The van der Waals surface area contributed by atoms with Crippen molar-refractivity contribution in [2.24, 2.45) is 0 Å². The number of carbonyl (C=O) groups is 1. The summed E-state index contributed by atoms with van der Waals surface area (Å²) in [5, 5.41) is 5.94. The van der Waals surface area contributed by atoms with Gasteiger partial charge in [-0.15, -0.1) is 13.2 Å². The third kappa shape index (κ3) is 5.96. The fraction of sp³-hybridized carbons (Fsp3) is 0.125. The number of benzene rings is 2. The number of carbonyl (C=O) groups excluding carboxylic acids is 1. The maximum absolute atomic E-state index is 12.1. The third-order valence-corrected chi connectivity index (χ3v) is 3.11. The van der Waals surface area contributed by atoms with Gasteiger partial charge in [0.15, 0.2) is 5.11 Å². The highest BCUT2D eigenvalue weighted by molar-refractivity contribution is 7.80. The van der Waals surface area contributed by atoms with Crippen LogP contribution in [0.15, 0.2) is 48.5 Å². The molecule has 25 heavy (non-hydrogen) atoms. The largest absolute Gasteiger partial charge is 0.573 e. The Morgan fingerprint density at radius 3 is 1.88 bits per heavy atom. The van der Waals surface area contributed by atoms with Crippen LogP contribution in [0.4, 0.5) is 24.5 Å². The van der Waals surface area contributed by atoms with E-state index in [0.29, 0.717) is 16.9 Å². The molecule has 0 unspecified atom stereocenters. The number of esters is 1. The second-order valence-corrected chi connectivity index (χ2v) is 5.13. The van der Waals surface area contributed by atoms with E-state index in [1.54, 1.807) is 24.3 Å². The molecule has 0 aliphatic rings. The molecule has 9 heteroatoms. The van der Waals surface area contributed by atoms with Crippen LogP contribution in [0.2, 0.25) is 0 Å². The summed E-state index contributed by atoms with van der Waals surface area (Å²) in [6.45, 7) is 0. The van der Waals surface area contributed by atoms with E-state index in [1.807, 2.05) is 0 Å². The Balaban J connectivity index is 1.92. The maximum Gasteiger partial charge on any atom is 0.573 e. The molecule has 2 aromatic carbocycles. The summed E-state index contributed by atoms with van der Waals surface area (Å²) in [6, 6.07) is 11.6. The summed E-state index contributed by atoms with van der Waals surface area (Å²) >= 11 is 5.12. The van der Waals surface area contributed by atoms with Crippen LogP contribution in [-0.4, -0.2) is 24.6 Å². The molecule has 0 amide bonds. The van der Waals surface area contributed by atoms with Gasteiger partial charge in [-0.1, -0.05) is 0 Å². The van der Waals surface area contributed by atoms with Gasteiger partial charge in [-0.05, 0) is 60.7 Å². The number of hydrogen-bond acceptors (Lipinski definition) is 4. The van der Waals surface area contributed by atoms with Gasteiger partial charge >= 0.3 is 12.3 Å². The molecule has 0 aliphatic carbocycles. The Kier molecular flexibility index (Phi) is 5.81. The minimum absolute atomic E-state index is 0.232. The Labute approximate surface area is 146 Å². The minimum atomic E-state index is -4.73. The molecular weight excluding hydrogens is 357 g/mol. The second kappa shape index (κ2) is 7.84. The SMILES string of the molecule is COC(=O)c1ccc(NC(=S)Nc2ccc(OC(F)(F)F)cc2)cc1. The molecule has 5 nitrogen and oxygen atoms in total. The van der Waals surface area contributed by atoms with Crippen molar-refractivity contribution in [3.63, 3.8) is 0 Å². The van der Waals surface area contributed by atoms with Crippen LogP contribution in [0, 0.1) is 0 Å². The molecule has 0 bridgehead atoms. The molecule has 2 N–H and O–H groups in total. The van der Waals surface area contributed by atoms with E-state index in [4.69, 9.17) is 12.2 Å². The number of ether oxygens (including phenoxy) is 2. The fourth-order valence-corrected chi connectivity index (χ4v) is 2.08. The molecule has 0 radical (unpaired) electrons. The topological polar surface area (TPSA) is 59.6 Å². The summed E-state index contributed by atoms with van der Waals surface area (Å²) in [7, 11) is 1.29. The molecule has 0 saturated heterocycles. The van der Waals surface area contributed by atoms with Crippen LogP contribution < -0.4 is 15.4 Å². The lowest BCUT2D eigenvalue weighted by molar-refractivity contribution is -0.274. The lowest BCUT2D eigenvalue weighted by atomic mass is 10.2. The zero-order valence-corrected chi connectivity index (χ0v) is 13.7. The molecule has 132 valence electrons. The zero-order valence-electron chi connectivity index (χ0n) is 12.9. The number of methoxy groups -OCH3 is 1. The van der Waals surface area contributed by atoms with Crippen molar-refractivity contribution >= 4 is 34.7 Å². The molecule has 0 saturated carbocycles. The van der Waals surface area contributed by atoms with Gasteiger partial charge in [0.05, 0.1) is 12.7 Å². The summed E-state index contributed by atoms with van der Waals surface area (Å²) in [6.07, 6.45) is -4.73. The number of nitrogens with one attached hydrogen (secondary N) is 2. The van der Waals surface area contributed by atoms with Crippen LogP contribution >= 0.6 is 12.2 Å². The van der Waals surface area contributed by atoms with Crippen LogP contribution in [0.1, 0.15) is 10.4 Å². The van der Waals surface area contributed by atoms with E-state index in [9.17, 15) is 18.0 Å². The monoisotopic (exact) mass is 370 g/mol. The standard InChI is InChI=1S/C16H13F3N2O3S/c1-23-14(22)10-2-4-11(5-3-10)20-15(25)21-12-6-8-13(9-7-12)24-16(17,18)19/h2-9H,1H3,(H2,20,21,25). The number of alkyl halides is 3. The third-order valence-electron chi connectivity index (χ3n) is 2.91. The first-order valence-electron chi connectivity index (χ1n) is 6.89.